The van der Waals surface area contributed by atoms with Gasteiger partial charge in [0.1, 0.15) is 5.82 Å². The fourth-order valence-electron chi connectivity index (χ4n) is 1.66. The summed E-state index contributed by atoms with van der Waals surface area (Å²) in [6.07, 6.45) is 1.13. The summed E-state index contributed by atoms with van der Waals surface area (Å²) in [5, 5.41) is 0. The molecule has 1 aromatic carbocycles. The lowest BCUT2D eigenvalue weighted by molar-refractivity contribution is 0.327. The Morgan fingerprint density at radius 1 is 1.40 bits per heavy atom. The van der Waals surface area contributed by atoms with Gasteiger partial charge in [0, 0.05) is 18.7 Å². The van der Waals surface area contributed by atoms with Crippen LogP contribution in [0.25, 0.3) is 0 Å². The van der Waals surface area contributed by atoms with Gasteiger partial charge >= 0.3 is 0 Å². The number of halogens is 1. The van der Waals surface area contributed by atoms with Crippen molar-refractivity contribution in [1.82, 2.24) is 4.90 Å². The van der Waals surface area contributed by atoms with Crippen molar-refractivity contribution in [2.45, 2.75) is 26.4 Å². The summed E-state index contributed by atoms with van der Waals surface area (Å²) < 4.78 is 13.2. The fourth-order valence-corrected chi connectivity index (χ4v) is 1.66. The summed E-state index contributed by atoms with van der Waals surface area (Å²) in [4.78, 5) is 2.22. The number of hydrogen-bond donors (Lipinski definition) is 1. The zero-order valence-corrected chi connectivity index (χ0v) is 9.46. The largest absolute Gasteiger partial charge is 0.326 e. The van der Waals surface area contributed by atoms with Crippen molar-refractivity contribution in [3.63, 3.8) is 0 Å². The zero-order chi connectivity index (χ0) is 11.3. The van der Waals surface area contributed by atoms with E-state index >= 15 is 0 Å². The Kier molecular flexibility index (Phi) is 4.72. The standard InChI is InChI=1S/C12H19FN2/c1-3-6-15(2)9-10-4-5-12(13)11(7-10)8-14/h4-5,7H,3,6,8-9,14H2,1-2H3. The van der Waals surface area contributed by atoms with Gasteiger partial charge in [0.05, 0.1) is 0 Å². The molecule has 0 bridgehead atoms. The van der Waals surface area contributed by atoms with Gasteiger partial charge in [-0.2, -0.15) is 0 Å². The highest BCUT2D eigenvalue weighted by molar-refractivity contribution is 5.24. The van der Waals surface area contributed by atoms with Crippen LogP contribution in [0, 0.1) is 5.82 Å². The maximum Gasteiger partial charge on any atom is 0.127 e. The van der Waals surface area contributed by atoms with E-state index in [2.05, 4.69) is 18.9 Å². The molecule has 0 aliphatic heterocycles. The highest BCUT2D eigenvalue weighted by Gasteiger charge is 2.03. The summed E-state index contributed by atoms with van der Waals surface area (Å²) in [6, 6.07) is 5.17. The van der Waals surface area contributed by atoms with Crippen LogP contribution in [0.15, 0.2) is 18.2 Å². The van der Waals surface area contributed by atoms with Crippen molar-refractivity contribution in [2.75, 3.05) is 13.6 Å². The maximum absolute atomic E-state index is 13.2. The molecule has 15 heavy (non-hydrogen) atoms. The Bertz CT molecular complexity index is 312. The van der Waals surface area contributed by atoms with E-state index in [1.54, 1.807) is 0 Å². The molecule has 2 N–H and O–H groups in total. The first-order valence-corrected chi connectivity index (χ1v) is 5.33. The van der Waals surface area contributed by atoms with Crippen LogP contribution >= 0.6 is 0 Å². The van der Waals surface area contributed by atoms with E-state index in [1.165, 1.54) is 6.07 Å². The SMILES string of the molecule is CCCN(C)Cc1ccc(F)c(CN)c1. The van der Waals surface area contributed by atoms with Gasteiger partial charge in [-0.15, -0.1) is 0 Å². The molecular formula is C12H19FN2. The van der Waals surface area contributed by atoms with Crippen LogP contribution in [-0.2, 0) is 13.1 Å². The predicted molar refractivity (Wildman–Crippen MR) is 60.9 cm³/mol. The van der Waals surface area contributed by atoms with E-state index in [0.717, 1.165) is 25.1 Å². The molecule has 3 heteroatoms. The third kappa shape index (κ3) is 3.61. The van der Waals surface area contributed by atoms with E-state index < -0.39 is 0 Å². The van der Waals surface area contributed by atoms with E-state index in [9.17, 15) is 4.39 Å². The topological polar surface area (TPSA) is 29.3 Å². The molecule has 0 radical (unpaired) electrons. The molecule has 84 valence electrons. The zero-order valence-electron chi connectivity index (χ0n) is 9.46. The Hall–Kier alpha value is -0.930. The Morgan fingerprint density at radius 3 is 2.73 bits per heavy atom. The van der Waals surface area contributed by atoms with Crippen molar-refractivity contribution in [1.29, 1.82) is 0 Å². The van der Waals surface area contributed by atoms with Crippen LogP contribution in [0.5, 0.6) is 0 Å². The lowest BCUT2D eigenvalue weighted by Gasteiger charge is -2.16. The van der Waals surface area contributed by atoms with Crippen molar-refractivity contribution in [3.05, 3.63) is 35.1 Å². The molecule has 0 spiro atoms. The van der Waals surface area contributed by atoms with Crippen molar-refractivity contribution < 1.29 is 4.39 Å². The first-order chi connectivity index (χ1) is 7.17. The van der Waals surface area contributed by atoms with Gasteiger partial charge in [-0.1, -0.05) is 19.1 Å². The first kappa shape index (κ1) is 12.1. The average molecular weight is 210 g/mol. The molecule has 0 heterocycles. The number of benzene rings is 1. The van der Waals surface area contributed by atoms with Gasteiger partial charge in [-0.05, 0) is 31.6 Å². The summed E-state index contributed by atoms with van der Waals surface area (Å²) in [7, 11) is 2.06. The van der Waals surface area contributed by atoms with E-state index in [0.29, 0.717) is 5.56 Å². The summed E-state index contributed by atoms with van der Waals surface area (Å²) >= 11 is 0. The second-order valence-corrected chi connectivity index (χ2v) is 3.87. The van der Waals surface area contributed by atoms with Gasteiger partial charge in [0.15, 0.2) is 0 Å². The number of nitrogens with zero attached hydrogens (tertiary/aromatic N) is 1. The van der Waals surface area contributed by atoms with Crippen LogP contribution in [0.1, 0.15) is 24.5 Å². The van der Waals surface area contributed by atoms with E-state index in [-0.39, 0.29) is 12.4 Å². The van der Waals surface area contributed by atoms with Gasteiger partial charge in [-0.25, -0.2) is 4.39 Å². The molecule has 1 aromatic rings. The second kappa shape index (κ2) is 5.83. The third-order valence-electron chi connectivity index (χ3n) is 2.39. The van der Waals surface area contributed by atoms with Crippen molar-refractivity contribution in [2.24, 2.45) is 5.73 Å². The minimum atomic E-state index is -0.209. The Balaban J connectivity index is 2.69. The van der Waals surface area contributed by atoms with Crippen LogP contribution in [0.4, 0.5) is 4.39 Å². The Morgan fingerprint density at radius 2 is 2.13 bits per heavy atom. The molecule has 2 nitrogen and oxygen atoms in total. The van der Waals surface area contributed by atoms with E-state index in [4.69, 9.17) is 5.73 Å². The van der Waals surface area contributed by atoms with Crippen molar-refractivity contribution >= 4 is 0 Å². The second-order valence-electron chi connectivity index (χ2n) is 3.87. The van der Waals surface area contributed by atoms with Crippen LogP contribution in [0.2, 0.25) is 0 Å². The van der Waals surface area contributed by atoms with Gasteiger partial charge in [0.25, 0.3) is 0 Å². The molecule has 0 unspecified atom stereocenters. The molecule has 0 saturated heterocycles. The minimum Gasteiger partial charge on any atom is -0.326 e. The number of hydrogen-bond acceptors (Lipinski definition) is 2. The molecule has 1 rings (SSSR count). The lowest BCUT2D eigenvalue weighted by atomic mass is 10.1. The molecule has 0 aliphatic carbocycles. The highest BCUT2D eigenvalue weighted by atomic mass is 19.1. The van der Waals surface area contributed by atoms with E-state index in [1.807, 2.05) is 12.1 Å². The molecule has 0 aliphatic rings. The minimum absolute atomic E-state index is 0.209. The predicted octanol–water partition coefficient (Wildman–Crippen LogP) is 2.13. The molecule has 0 atom stereocenters. The van der Waals surface area contributed by atoms with Crippen LogP contribution in [0.3, 0.4) is 0 Å². The number of rotatable bonds is 5. The third-order valence-corrected chi connectivity index (χ3v) is 2.39. The normalized spacial score (nSPS) is 11.0. The molecule has 0 fully saturated rings. The lowest BCUT2D eigenvalue weighted by Crippen LogP contribution is -2.18. The number of nitrogens with two attached hydrogens (primary N) is 1. The molecule has 0 aromatic heterocycles. The summed E-state index contributed by atoms with van der Waals surface area (Å²) in [5.41, 5.74) is 7.17. The van der Waals surface area contributed by atoms with Crippen LogP contribution in [-0.4, -0.2) is 18.5 Å². The summed E-state index contributed by atoms with van der Waals surface area (Å²) in [6.45, 7) is 4.31. The summed E-state index contributed by atoms with van der Waals surface area (Å²) in [5.74, 6) is -0.209. The molecular weight excluding hydrogens is 191 g/mol. The highest BCUT2D eigenvalue weighted by Crippen LogP contribution is 2.11. The molecule has 0 saturated carbocycles. The van der Waals surface area contributed by atoms with Crippen LogP contribution < -0.4 is 5.73 Å². The van der Waals surface area contributed by atoms with Gasteiger partial charge in [0.2, 0.25) is 0 Å². The van der Waals surface area contributed by atoms with Crippen molar-refractivity contribution in [3.8, 4) is 0 Å². The maximum atomic E-state index is 13.2. The smallest absolute Gasteiger partial charge is 0.127 e. The Labute approximate surface area is 90.9 Å². The molecule has 0 amide bonds. The van der Waals surface area contributed by atoms with Gasteiger partial charge in [-0.3, -0.25) is 0 Å². The quantitative estimate of drug-likeness (QED) is 0.806. The van der Waals surface area contributed by atoms with Gasteiger partial charge < -0.3 is 10.6 Å². The monoisotopic (exact) mass is 210 g/mol. The fraction of sp³-hybridized carbons (Fsp3) is 0.500. The average Bonchev–Trinajstić information content (AvgIpc) is 2.21. The first-order valence-electron chi connectivity index (χ1n) is 5.33.